The number of rotatable bonds is 8. The van der Waals surface area contributed by atoms with Crippen LogP contribution in [0.1, 0.15) is 43.5 Å². The Hall–Kier alpha value is -4.76. The van der Waals surface area contributed by atoms with Crippen LogP contribution in [0.25, 0.3) is 0 Å². The van der Waals surface area contributed by atoms with Crippen LogP contribution in [-0.4, -0.2) is 46.3 Å². The van der Waals surface area contributed by atoms with Gasteiger partial charge in [0.25, 0.3) is 0 Å². The largest absolute Gasteiger partial charge is 0.462 e. The van der Waals surface area contributed by atoms with Crippen molar-refractivity contribution in [1.29, 1.82) is 0 Å². The molecule has 1 fully saturated rings. The molecule has 0 unspecified atom stereocenters. The van der Waals surface area contributed by atoms with E-state index in [1.807, 2.05) is 0 Å². The third-order valence-corrected chi connectivity index (χ3v) is 7.02. The first-order valence-electron chi connectivity index (χ1n) is 12.9. The monoisotopic (exact) mass is 572 g/mol. The summed E-state index contributed by atoms with van der Waals surface area (Å²) in [6.45, 7) is -0.161. The van der Waals surface area contributed by atoms with Crippen LogP contribution < -0.4 is 5.69 Å². The Bertz CT molecular complexity index is 1580. The van der Waals surface area contributed by atoms with Gasteiger partial charge in [-0.2, -0.15) is 4.98 Å². The molecule has 0 bridgehead atoms. The Balaban J connectivity index is 1.49. The molecule has 1 aromatic heterocycles. The lowest BCUT2D eigenvalue weighted by atomic mass is 10.1. The van der Waals surface area contributed by atoms with Crippen LogP contribution in [0.4, 0.5) is 0 Å². The minimum atomic E-state index is -1.11. The summed E-state index contributed by atoms with van der Waals surface area (Å²) in [5.41, 5.74) is 0.248. The molecule has 0 N–H and O–H groups in total. The average molecular weight is 573 g/mol. The number of carbonyl (C=O) groups is 3. The molecule has 41 heavy (non-hydrogen) atoms. The number of carbonyl (C=O) groups excluding carboxylic acids is 3. The van der Waals surface area contributed by atoms with E-state index in [0.29, 0.717) is 5.56 Å². The molecule has 10 heteroatoms. The summed E-state index contributed by atoms with van der Waals surface area (Å²) < 4.78 is 18.8. The topological polar surface area (TPSA) is 114 Å². The van der Waals surface area contributed by atoms with Gasteiger partial charge in [0.15, 0.2) is 6.10 Å². The molecule has 208 valence electrons. The van der Waals surface area contributed by atoms with E-state index in [4.69, 9.17) is 25.8 Å². The van der Waals surface area contributed by atoms with Gasteiger partial charge < -0.3 is 14.2 Å². The number of hydrogen-bond acceptors (Lipinski definition) is 8. The molecular formula is C31H25ClN2O7. The van der Waals surface area contributed by atoms with Crippen molar-refractivity contribution in [3.05, 3.63) is 136 Å². The first-order valence-corrected chi connectivity index (χ1v) is 13.3. The first kappa shape index (κ1) is 27.8. The van der Waals surface area contributed by atoms with Gasteiger partial charge in [-0.3, -0.25) is 4.57 Å². The van der Waals surface area contributed by atoms with Crippen LogP contribution >= 0.6 is 11.6 Å². The van der Waals surface area contributed by atoms with Crippen LogP contribution in [0.3, 0.4) is 0 Å². The van der Waals surface area contributed by atoms with Crippen molar-refractivity contribution in [2.45, 2.75) is 24.7 Å². The van der Waals surface area contributed by atoms with Gasteiger partial charge in [-0.25, -0.2) is 19.2 Å². The fourth-order valence-electron chi connectivity index (χ4n) is 4.83. The fraction of sp³-hybridized carbons (Fsp3) is 0.194. The van der Waals surface area contributed by atoms with E-state index in [0.717, 1.165) is 0 Å². The smallest absolute Gasteiger partial charge is 0.349 e. The Morgan fingerprint density at radius 3 is 1.73 bits per heavy atom. The summed E-state index contributed by atoms with van der Waals surface area (Å²) in [4.78, 5) is 55.8. The molecule has 9 nitrogen and oxygen atoms in total. The van der Waals surface area contributed by atoms with Gasteiger partial charge in [-0.15, -0.1) is 0 Å². The second-order valence-electron chi connectivity index (χ2n) is 9.44. The van der Waals surface area contributed by atoms with Crippen molar-refractivity contribution in [2.75, 3.05) is 6.61 Å². The normalized spacial score (nSPS) is 19.7. The van der Waals surface area contributed by atoms with E-state index < -0.39 is 47.8 Å². The van der Waals surface area contributed by atoms with E-state index in [2.05, 4.69) is 4.98 Å². The van der Waals surface area contributed by atoms with Crippen LogP contribution in [0.2, 0.25) is 5.15 Å². The summed E-state index contributed by atoms with van der Waals surface area (Å²) in [6, 6.07) is 25.7. The maximum absolute atomic E-state index is 13.2. The number of esters is 3. The van der Waals surface area contributed by atoms with E-state index in [1.54, 1.807) is 91.0 Å². The number of aromatic nitrogens is 2. The van der Waals surface area contributed by atoms with Crippen molar-refractivity contribution in [2.24, 2.45) is 5.92 Å². The summed E-state index contributed by atoms with van der Waals surface area (Å²) in [6.07, 6.45) is -0.562. The minimum absolute atomic E-state index is 0.00229. The number of halogens is 1. The van der Waals surface area contributed by atoms with E-state index in [1.165, 1.54) is 16.8 Å². The summed E-state index contributed by atoms with van der Waals surface area (Å²) in [7, 11) is 0. The van der Waals surface area contributed by atoms with Gasteiger partial charge in [-0.05, 0) is 48.9 Å². The molecule has 1 saturated carbocycles. The molecule has 4 aromatic rings. The molecule has 5 rings (SSSR count). The molecule has 4 atom stereocenters. The highest BCUT2D eigenvalue weighted by molar-refractivity contribution is 6.29. The zero-order chi connectivity index (χ0) is 28.8. The molecule has 0 spiro atoms. The number of ether oxygens (including phenoxy) is 3. The Morgan fingerprint density at radius 1 is 0.732 bits per heavy atom. The lowest BCUT2D eigenvalue weighted by Gasteiger charge is -2.27. The van der Waals surface area contributed by atoms with E-state index >= 15 is 0 Å². The van der Waals surface area contributed by atoms with Gasteiger partial charge in [-0.1, -0.05) is 66.2 Å². The molecule has 3 aromatic carbocycles. The maximum Gasteiger partial charge on any atom is 0.349 e. The Kier molecular flexibility index (Phi) is 8.55. The van der Waals surface area contributed by atoms with Crippen molar-refractivity contribution in [3.8, 4) is 0 Å². The summed E-state index contributed by atoms with van der Waals surface area (Å²) in [5.74, 6) is -2.52. The quantitative estimate of drug-likeness (QED) is 0.169. The van der Waals surface area contributed by atoms with Crippen molar-refractivity contribution >= 4 is 29.5 Å². The third-order valence-electron chi connectivity index (χ3n) is 6.81. The predicted molar refractivity (Wildman–Crippen MR) is 149 cm³/mol. The Labute approximate surface area is 240 Å². The van der Waals surface area contributed by atoms with Gasteiger partial charge >= 0.3 is 23.6 Å². The molecule has 1 heterocycles. The summed E-state index contributed by atoms with van der Waals surface area (Å²) in [5, 5.41) is 0.00229. The number of hydrogen-bond donors (Lipinski definition) is 0. The van der Waals surface area contributed by atoms with Crippen LogP contribution in [-0.2, 0) is 14.2 Å². The predicted octanol–water partition coefficient (Wildman–Crippen LogP) is 4.77. The van der Waals surface area contributed by atoms with Crippen LogP contribution in [0, 0.1) is 5.92 Å². The second kappa shape index (κ2) is 12.6. The average Bonchev–Trinajstić information content (AvgIpc) is 3.33. The molecule has 0 radical (unpaired) electrons. The lowest BCUT2D eigenvalue weighted by molar-refractivity contribution is -0.0498. The SMILES string of the molecule is O=C(OC[C@H]1C[C@@H](n2ccc(Cl)nc2=O)[C@H](OC(=O)c2ccccc2)[C@@H]1OC(=O)c1ccccc1)c1ccccc1. The second-order valence-corrected chi connectivity index (χ2v) is 9.83. The van der Waals surface area contributed by atoms with E-state index in [-0.39, 0.29) is 29.3 Å². The van der Waals surface area contributed by atoms with Crippen molar-refractivity contribution < 1.29 is 28.6 Å². The van der Waals surface area contributed by atoms with Gasteiger partial charge in [0.2, 0.25) is 0 Å². The molecule has 0 amide bonds. The zero-order valence-corrected chi connectivity index (χ0v) is 22.4. The summed E-state index contributed by atoms with van der Waals surface area (Å²) >= 11 is 5.92. The third kappa shape index (κ3) is 6.53. The Morgan fingerprint density at radius 2 is 1.22 bits per heavy atom. The molecular weight excluding hydrogens is 548 g/mol. The van der Waals surface area contributed by atoms with Crippen molar-refractivity contribution in [3.63, 3.8) is 0 Å². The zero-order valence-electron chi connectivity index (χ0n) is 21.7. The van der Waals surface area contributed by atoms with Crippen LogP contribution in [0.5, 0.6) is 0 Å². The molecule has 1 aliphatic rings. The lowest BCUT2D eigenvalue weighted by Crippen LogP contribution is -2.41. The highest BCUT2D eigenvalue weighted by Gasteiger charge is 2.50. The molecule has 0 saturated heterocycles. The van der Waals surface area contributed by atoms with Gasteiger partial charge in [0.1, 0.15) is 11.3 Å². The maximum atomic E-state index is 13.2. The first-order chi connectivity index (χ1) is 19.9. The number of nitrogens with zero attached hydrogens (tertiary/aromatic N) is 2. The van der Waals surface area contributed by atoms with Gasteiger partial charge in [0, 0.05) is 12.1 Å². The minimum Gasteiger partial charge on any atom is -0.462 e. The highest BCUT2D eigenvalue weighted by atomic mass is 35.5. The molecule has 0 aliphatic heterocycles. The van der Waals surface area contributed by atoms with Gasteiger partial charge in [0.05, 0.1) is 29.3 Å². The number of benzene rings is 3. The van der Waals surface area contributed by atoms with Crippen molar-refractivity contribution in [1.82, 2.24) is 9.55 Å². The van der Waals surface area contributed by atoms with E-state index in [9.17, 15) is 19.2 Å². The van der Waals surface area contributed by atoms with Crippen LogP contribution in [0.15, 0.2) is 108 Å². The highest BCUT2D eigenvalue weighted by Crippen LogP contribution is 2.40. The fourth-order valence-corrected chi connectivity index (χ4v) is 4.95. The standard InChI is InChI=1S/C31H25ClN2O7/c32-25-16-17-34(31(38)33-25)24-18-23(19-39-28(35)20-10-4-1-5-11-20)26(40-29(36)21-12-6-2-7-13-21)27(24)41-30(37)22-14-8-3-9-15-22/h1-17,23-24,26-27H,18-19H2/t23-,24-,26-,27+/m1/s1. The molecule has 1 aliphatic carbocycles.